The molecule has 0 radical (unpaired) electrons. The molecule has 8 aromatic carbocycles. The minimum atomic E-state index is 0.587. The van der Waals surface area contributed by atoms with Crippen LogP contribution in [0.25, 0.3) is 111 Å². The van der Waals surface area contributed by atoms with Crippen molar-refractivity contribution < 1.29 is 4.42 Å². The molecule has 0 amide bonds. The summed E-state index contributed by atoms with van der Waals surface area (Å²) in [6, 6.07) is 65.6. The van der Waals surface area contributed by atoms with Gasteiger partial charge in [-0.25, -0.2) is 15.0 Å². The fraction of sp³-hybridized carbons (Fsp3) is 0. The Hall–Kier alpha value is -7.83. The Labute approximate surface area is 326 Å². The van der Waals surface area contributed by atoms with E-state index in [0.29, 0.717) is 17.5 Å². The van der Waals surface area contributed by atoms with Crippen molar-refractivity contribution in [2.75, 3.05) is 0 Å². The van der Waals surface area contributed by atoms with Gasteiger partial charge >= 0.3 is 0 Å². The van der Waals surface area contributed by atoms with Crippen molar-refractivity contribution in [1.29, 1.82) is 0 Å². The number of furan rings is 1. The minimum absolute atomic E-state index is 0.587. The van der Waals surface area contributed by atoms with Gasteiger partial charge in [0.15, 0.2) is 17.5 Å². The smallest absolute Gasteiger partial charge is 0.164 e. The number of para-hydroxylation sites is 4. The second kappa shape index (κ2) is 12.3. The van der Waals surface area contributed by atoms with Crippen LogP contribution in [0.2, 0.25) is 0 Å². The monoisotopic (exact) mass is 729 g/mol. The van der Waals surface area contributed by atoms with Crippen LogP contribution in [0, 0.1) is 0 Å². The van der Waals surface area contributed by atoms with Gasteiger partial charge in [0, 0.05) is 60.4 Å². The van der Waals surface area contributed by atoms with Crippen molar-refractivity contribution in [3.63, 3.8) is 0 Å². The van der Waals surface area contributed by atoms with Crippen LogP contribution in [0.1, 0.15) is 0 Å². The van der Waals surface area contributed by atoms with Crippen LogP contribution in [0.3, 0.4) is 0 Å². The highest BCUT2D eigenvalue weighted by Gasteiger charge is 2.21. The normalized spacial score (nSPS) is 11.9. The minimum Gasteiger partial charge on any atom is -0.456 e. The molecule has 0 saturated heterocycles. The van der Waals surface area contributed by atoms with Crippen molar-refractivity contribution in [3.8, 4) is 45.5 Å². The Morgan fingerprint density at radius 3 is 1.39 bits per heavy atom. The second-order valence-electron chi connectivity index (χ2n) is 14.4. The average Bonchev–Trinajstić information content (AvgIpc) is 3.94. The molecular weight excluding hydrogens is 699 g/mol. The van der Waals surface area contributed by atoms with Gasteiger partial charge in [-0.2, -0.15) is 0 Å². The summed E-state index contributed by atoms with van der Waals surface area (Å²) in [5.74, 6) is 1.80. The molecule has 0 bridgehead atoms. The molecule has 6 nitrogen and oxygen atoms in total. The van der Waals surface area contributed by atoms with Gasteiger partial charge < -0.3 is 13.6 Å². The molecule has 0 aliphatic rings. The number of nitrogens with zero attached hydrogens (tertiary/aromatic N) is 5. The van der Waals surface area contributed by atoms with E-state index in [-0.39, 0.29) is 0 Å². The van der Waals surface area contributed by atoms with Crippen molar-refractivity contribution in [3.05, 3.63) is 188 Å². The first kappa shape index (κ1) is 31.5. The van der Waals surface area contributed by atoms with Crippen LogP contribution in [-0.2, 0) is 0 Å². The maximum atomic E-state index is 6.26. The van der Waals surface area contributed by atoms with Crippen LogP contribution in [0.5, 0.6) is 0 Å². The summed E-state index contributed by atoms with van der Waals surface area (Å²) < 4.78 is 11.1. The van der Waals surface area contributed by atoms with E-state index in [1.165, 1.54) is 32.6 Å². The lowest BCUT2D eigenvalue weighted by Gasteiger charge is -2.13. The number of hydrogen-bond acceptors (Lipinski definition) is 4. The van der Waals surface area contributed by atoms with E-state index in [2.05, 4.69) is 143 Å². The predicted molar refractivity (Wildman–Crippen MR) is 232 cm³/mol. The van der Waals surface area contributed by atoms with Gasteiger partial charge in [-0.15, -0.1) is 0 Å². The molecule has 266 valence electrons. The summed E-state index contributed by atoms with van der Waals surface area (Å²) in [5.41, 5.74) is 11.2. The van der Waals surface area contributed by atoms with Crippen molar-refractivity contribution in [1.82, 2.24) is 24.1 Å². The number of hydrogen-bond donors (Lipinski definition) is 0. The van der Waals surface area contributed by atoms with E-state index in [0.717, 1.165) is 61.0 Å². The Balaban J connectivity index is 1.05. The fourth-order valence-corrected chi connectivity index (χ4v) is 8.59. The Bertz CT molecular complexity index is 3510. The summed E-state index contributed by atoms with van der Waals surface area (Å²) in [7, 11) is 0. The molecule has 0 aliphatic heterocycles. The van der Waals surface area contributed by atoms with Crippen LogP contribution in [0.15, 0.2) is 192 Å². The van der Waals surface area contributed by atoms with E-state index >= 15 is 0 Å². The zero-order chi connectivity index (χ0) is 37.5. The van der Waals surface area contributed by atoms with Crippen LogP contribution in [-0.4, -0.2) is 24.1 Å². The van der Waals surface area contributed by atoms with Crippen LogP contribution >= 0.6 is 0 Å². The standard InChI is InChI=1S/C51H31N5O/c1-3-13-32(14-4-1)49-52-50(54-51(53-49)34-25-28-40-39-19-9-12-22-45(39)57-46(40)31-34)33-23-26-36(27-24-33)56-44-21-11-8-18-38(44)42-30-29-41-37-17-7-10-20-43(37)55(47(41)48(42)56)35-15-5-2-6-16-35/h1-31H. The summed E-state index contributed by atoms with van der Waals surface area (Å²) >= 11 is 0. The van der Waals surface area contributed by atoms with Crippen molar-refractivity contribution in [2.24, 2.45) is 0 Å². The molecule has 0 unspecified atom stereocenters. The lowest BCUT2D eigenvalue weighted by atomic mass is 10.1. The summed E-state index contributed by atoms with van der Waals surface area (Å²) in [6.07, 6.45) is 0. The van der Waals surface area contributed by atoms with E-state index in [4.69, 9.17) is 19.4 Å². The van der Waals surface area contributed by atoms with Crippen molar-refractivity contribution >= 4 is 65.6 Å². The number of aromatic nitrogens is 5. The first-order valence-electron chi connectivity index (χ1n) is 19.1. The SMILES string of the molecule is c1ccc(-c2nc(-c3ccc(-n4c5ccccc5c5ccc6c7ccccc7n(-c7ccccc7)c6c54)cc3)nc(-c3ccc4c(c3)oc3ccccc34)n2)cc1. The molecule has 0 fully saturated rings. The highest BCUT2D eigenvalue weighted by Crippen LogP contribution is 2.42. The third-order valence-electron chi connectivity index (χ3n) is 11.2. The molecule has 0 saturated carbocycles. The topological polar surface area (TPSA) is 61.7 Å². The Kier molecular flexibility index (Phi) is 6.83. The lowest BCUT2D eigenvalue weighted by molar-refractivity contribution is 0.669. The third-order valence-corrected chi connectivity index (χ3v) is 11.2. The van der Waals surface area contributed by atoms with Crippen LogP contribution in [0.4, 0.5) is 0 Å². The van der Waals surface area contributed by atoms with Gasteiger partial charge in [-0.3, -0.25) is 0 Å². The molecule has 57 heavy (non-hydrogen) atoms. The largest absolute Gasteiger partial charge is 0.456 e. The first-order valence-corrected chi connectivity index (χ1v) is 19.1. The molecular formula is C51H31N5O. The second-order valence-corrected chi connectivity index (χ2v) is 14.4. The molecule has 4 heterocycles. The van der Waals surface area contributed by atoms with Gasteiger partial charge in [0.2, 0.25) is 0 Å². The summed E-state index contributed by atoms with van der Waals surface area (Å²) in [5, 5.41) is 7.01. The summed E-state index contributed by atoms with van der Waals surface area (Å²) in [6.45, 7) is 0. The van der Waals surface area contributed by atoms with E-state index in [9.17, 15) is 0 Å². The molecule has 0 atom stereocenters. The van der Waals surface area contributed by atoms with E-state index in [1.54, 1.807) is 0 Å². The average molecular weight is 730 g/mol. The Morgan fingerprint density at radius 2 is 0.754 bits per heavy atom. The summed E-state index contributed by atoms with van der Waals surface area (Å²) in [4.78, 5) is 15.1. The third kappa shape index (κ3) is 4.87. The molecule has 12 rings (SSSR count). The highest BCUT2D eigenvalue weighted by molar-refractivity contribution is 6.23. The number of benzene rings is 8. The van der Waals surface area contributed by atoms with Crippen molar-refractivity contribution in [2.45, 2.75) is 0 Å². The molecule has 0 N–H and O–H groups in total. The van der Waals surface area contributed by atoms with Gasteiger partial charge in [0.1, 0.15) is 11.2 Å². The van der Waals surface area contributed by atoms with Gasteiger partial charge in [-0.1, -0.05) is 121 Å². The van der Waals surface area contributed by atoms with Gasteiger partial charge in [0.05, 0.1) is 22.1 Å². The van der Waals surface area contributed by atoms with E-state index < -0.39 is 0 Å². The molecule has 0 aliphatic carbocycles. The van der Waals surface area contributed by atoms with Crippen LogP contribution < -0.4 is 0 Å². The predicted octanol–water partition coefficient (Wildman–Crippen LogP) is 13.0. The maximum absolute atomic E-state index is 6.26. The van der Waals surface area contributed by atoms with E-state index in [1.807, 2.05) is 54.6 Å². The zero-order valence-electron chi connectivity index (χ0n) is 30.5. The molecule has 6 heteroatoms. The first-order chi connectivity index (χ1) is 28.3. The van der Waals surface area contributed by atoms with Gasteiger partial charge in [0.25, 0.3) is 0 Å². The Morgan fingerprint density at radius 1 is 0.316 bits per heavy atom. The maximum Gasteiger partial charge on any atom is 0.164 e. The highest BCUT2D eigenvalue weighted by atomic mass is 16.3. The van der Waals surface area contributed by atoms with Gasteiger partial charge in [-0.05, 0) is 66.7 Å². The number of rotatable bonds is 5. The zero-order valence-corrected chi connectivity index (χ0v) is 30.5. The molecule has 0 spiro atoms. The quantitative estimate of drug-likeness (QED) is 0.177. The lowest BCUT2D eigenvalue weighted by Crippen LogP contribution is -2.01. The molecule has 4 aromatic heterocycles. The number of fused-ring (bicyclic) bond motifs is 10. The fourth-order valence-electron chi connectivity index (χ4n) is 8.59. The molecule has 12 aromatic rings.